The van der Waals surface area contributed by atoms with E-state index in [4.69, 9.17) is 5.73 Å². The fraction of sp³-hybridized carbons (Fsp3) is 0.929. The molecule has 1 amide bonds. The normalized spacial score (nSPS) is 19.9. The second kappa shape index (κ2) is 6.53. The van der Waals surface area contributed by atoms with Gasteiger partial charge in [0, 0.05) is 38.6 Å². The van der Waals surface area contributed by atoms with Crippen molar-refractivity contribution in [2.24, 2.45) is 17.1 Å². The molecule has 1 rings (SSSR count). The van der Waals surface area contributed by atoms with Crippen LogP contribution in [0.3, 0.4) is 0 Å². The third kappa shape index (κ3) is 4.94. The van der Waals surface area contributed by atoms with Crippen LogP contribution in [0.2, 0.25) is 0 Å². The Morgan fingerprint density at radius 3 is 2.22 bits per heavy atom. The highest BCUT2D eigenvalue weighted by atomic mass is 16.2. The molecule has 1 fully saturated rings. The topological polar surface area (TPSA) is 49.6 Å². The van der Waals surface area contributed by atoms with Crippen LogP contribution in [-0.4, -0.2) is 55.0 Å². The first-order chi connectivity index (χ1) is 8.33. The first-order valence-electron chi connectivity index (χ1n) is 7.04. The zero-order valence-corrected chi connectivity index (χ0v) is 12.4. The maximum Gasteiger partial charge on any atom is 0.226 e. The van der Waals surface area contributed by atoms with Crippen LogP contribution in [-0.2, 0) is 4.79 Å². The van der Waals surface area contributed by atoms with Gasteiger partial charge in [-0.3, -0.25) is 9.69 Å². The van der Waals surface area contributed by atoms with Gasteiger partial charge in [0.25, 0.3) is 0 Å². The van der Waals surface area contributed by atoms with Crippen molar-refractivity contribution in [3.8, 4) is 0 Å². The van der Waals surface area contributed by atoms with Crippen LogP contribution in [0.15, 0.2) is 0 Å². The van der Waals surface area contributed by atoms with Gasteiger partial charge in [-0.05, 0) is 18.4 Å². The molecule has 1 heterocycles. The Hall–Kier alpha value is -0.610. The minimum Gasteiger partial charge on any atom is -0.340 e. The van der Waals surface area contributed by atoms with Gasteiger partial charge < -0.3 is 10.6 Å². The van der Waals surface area contributed by atoms with E-state index in [0.717, 1.165) is 32.7 Å². The summed E-state index contributed by atoms with van der Waals surface area (Å²) in [6, 6.07) is 0. The molecular weight excluding hydrogens is 226 g/mol. The summed E-state index contributed by atoms with van der Waals surface area (Å²) in [4.78, 5) is 16.4. The Labute approximate surface area is 111 Å². The maximum atomic E-state index is 12.0. The van der Waals surface area contributed by atoms with Crippen LogP contribution in [0.25, 0.3) is 0 Å². The molecule has 0 aromatic heterocycles. The van der Waals surface area contributed by atoms with Gasteiger partial charge in [-0.1, -0.05) is 27.7 Å². The highest BCUT2D eigenvalue weighted by Gasteiger charge is 2.24. The smallest absolute Gasteiger partial charge is 0.226 e. The SMILES string of the molecule is CC(CN)C(=O)N1CCN(CCC(C)(C)C)CC1. The number of carbonyl (C=O) groups is 1. The van der Waals surface area contributed by atoms with Gasteiger partial charge in [-0.2, -0.15) is 0 Å². The Morgan fingerprint density at radius 1 is 1.22 bits per heavy atom. The lowest BCUT2D eigenvalue weighted by Crippen LogP contribution is -2.51. The highest BCUT2D eigenvalue weighted by Crippen LogP contribution is 2.19. The molecule has 1 atom stereocenters. The maximum absolute atomic E-state index is 12.0. The number of amides is 1. The van der Waals surface area contributed by atoms with E-state index in [2.05, 4.69) is 25.7 Å². The third-order valence-corrected chi connectivity index (χ3v) is 3.64. The van der Waals surface area contributed by atoms with Gasteiger partial charge >= 0.3 is 0 Å². The summed E-state index contributed by atoms with van der Waals surface area (Å²) in [7, 11) is 0. The van der Waals surface area contributed by atoms with Crippen molar-refractivity contribution in [1.82, 2.24) is 9.80 Å². The van der Waals surface area contributed by atoms with E-state index in [0.29, 0.717) is 12.0 Å². The fourth-order valence-corrected chi connectivity index (χ4v) is 2.10. The van der Waals surface area contributed by atoms with Crippen LogP contribution >= 0.6 is 0 Å². The Balaban J connectivity index is 2.30. The predicted molar refractivity (Wildman–Crippen MR) is 75.3 cm³/mol. The lowest BCUT2D eigenvalue weighted by molar-refractivity contribution is -0.136. The van der Waals surface area contributed by atoms with Gasteiger partial charge in [0.1, 0.15) is 0 Å². The zero-order chi connectivity index (χ0) is 13.8. The molecule has 4 heteroatoms. The molecule has 1 unspecified atom stereocenters. The van der Waals surface area contributed by atoms with Crippen molar-refractivity contribution in [2.45, 2.75) is 34.1 Å². The van der Waals surface area contributed by atoms with Crippen LogP contribution in [0.1, 0.15) is 34.1 Å². The van der Waals surface area contributed by atoms with Gasteiger partial charge in [-0.25, -0.2) is 0 Å². The first-order valence-corrected chi connectivity index (χ1v) is 7.04. The van der Waals surface area contributed by atoms with Crippen molar-refractivity contribution < 1.29 is 4.79 Å². The Bertz CT molecular complexity index is 265. The highest BCUT2D eigenvalue weighted by molar-refractivity contribution is 5.78. The molecule has 0 bridgehead atoms. The summed E-state index contributed by atoms with van der Waals surface area (Å²) in [6.45, 7) is 14.0. The van der Waals surface area contributed by atoms with E-state index in [1.54, 1.807) is 0 Å². The van der Waals surface area contributed by atoms with Crippen molar-refractivity contribution in [1.29, 1.82) is 0 Å². The molecule has 0 aliphatic carbocycles. The quantitative estimate of drug-likeness (QED) is 0.820. The van der Waals surface area contributed by atoms with E-state index in [-0.39, 0.29) is 11.8 Å². The van der Waals surface area contributed by atoms with Crippen molar-refractivity contribution in [3.05, 3.63) is 0 Å². The lowest BCUT2D eigenvalue weighted by Gasteiger charge is -2.36. The largest absolute Gasteiger partial charge is 0.340 e. The molecule has 0 radical (unpaired) electrons. The number of carbonyl (C=O) groups excluding carboxylic acids is 1. The number of nitrogens with zero attached hydrogens (tertiary/aromatic N) is 2. The van der Waals surface area contributed by atoms with Crippen molar-refractivity contribution in [2.75, 3.05) is 39.3 Å². The average Bonchev–Trinajstić information content (AvgIpc) is 2.34. The summed E-state index contributed by atoms with van der Waals surface area (Å²) in [6.07, 6.45) is 1.21. The van der Waals surface area contributed by atoms with Gasteiger partial charge in [-0.15, -0.1) is 0 Å². The Kier molecular flexibility index (Phi) is 5.60. The van der Waals surface area contributed by atoms with E-state index in [1.165, 1.54) is 6.42 Å². The molecule has 4 nitrogen and oxygen atoms in total. The van der Waals surface area contributed by atoms with Crippen molar-refractivity contribution >= 4 is 5.91 Å². The van der Waals surface area contributed by atoms with Gasteiger partial charge in [0.05, 0.1) is 0 Å². The summed E-state index contributed by atoms with van der Waals surface area (Å²) in [5.74, 6) is 0.180. The Morgan fingerprint density at radius 2 is 1.78 bits per heavy atom. The predicted octanol–water partition coefficient (Wildman–Crippen LogP) is 1.16. The number of hydrogen-bond donors (Lipinski definition) is 1. The summed E-state index contributed by atoms with van der Waals surface area (Å²) >= 11 is 0. The lowest BCUT2D eigenvalue weighted by atomic mass is 9.92. The molecule has 1 aliphatic heterocycles. The summed E-state index contributed by atoms with van der Waals surface area (Å²) < 4.78 is 0. The number of piperazine rings is 1. The molecule has 0 spiro atoms. The third-order valence-electron chi connectivity index (χ3n) is 3.64. The zero-order valence-electron chi connectivity index (χ0n) is 12.4. The fourth-order valence-electron chi connectivity index (χ4n) is 2.10. The molecule has 1 saturated heterocycles. The van der Waals surface area contributed by atoms with E-state index >= 15 is 0 Å². The van der Waals surface area contributed by atoms with Gasteiger partial charge in [0.15, 0.2) is 0 Å². The van der Waals surface area contributed by atoms with Crippen LogP contribution < -0.4 is 5.73 Å². The second-order valence-corrected chi connectivity index (χ2v) is 6.61. The van der Waals surface area contributed by atoms with E-state index in [1.807, 2.05) is 11.8 Å². The summed E-state index contributed by atoms with van der Waals surface area (Å²) in [5.41, 5.74) is 5.93. The standard InChI is InChI=1S/C14H29N3O/c1-12(11-15)13(18)17-9-7-16(8-10-17)6-5-14(2,3)4/h12H,5-11,15H2,1-4H3. The molecule has 0 saturated carbocycles. The van der Waals surface area contributed by atoms with Crippen LogP contribution in [0.4, 0.5) is 0 Å². The molecule has 0 aromatic carbocycles. The first kappa shape index (κ1) is 15.4. The number of hydrogen-bond acceptors (Lipinski definition) is 3. The molecule has 106 valence electrons. The minimum absolute atomic E-state index is 0.0360. The minimum atomic E-state index is -0.0360. The molecular formula is C14H29N3O. The molecule has 18 heavy (non-hydrogen) atoms. The second-order valence-electron chi connectivity index (χ2n) is 6.61. The number of rotatable bonds is 4. The summed E-state index contributed by atoms with van der Waals surface area (Å²) in [5, 5.41) is 0. The van der Waals surface area contributed by atoms with Gasteiger partial charge in [0.2, 0.25) is 5.91 Å². The van der Waals surface area contributed by atoms with E-state index < -0.39 is 0 Å². The van der Waals surface area contributed by atoms with Crippen molar-refractivity contribution in [3.63, 3.8) is 0 Å². The van der Waals surface area contributed by atoms with Crippen LogP contribution in [0, 0.1) is 11.3 Å². The van der Waals surface area contributed by atoms with Crippen LogP contribution in [0.5, 0.6) is 0 Å². The monoisotopic (exact) mass is 255 g/mol. The van der Waals surface area contributed by atoms with E-state index in [9.17, 15) is 4.79 Å². The molecule has 0 aromatic rings. The average molecular weight is 255 g/mol. The molecule has 2 N–H and O–H groups in total. The number of nitrogens with two attached hydrogens (primary N) is 1. The molecule has 1 aliphatic rings.